The van der Waals surface area contributed by atoms with Crippen LogP contribution in [0.25, 0.3) is 5.69 Å². The van der Waals surface area contributed by atoms with E-state index in [4.69, 9.17) is 10.5 Å². The zero-order valence-corrected chi connectivity index (χ0v) is 11.7. The molecule has 4 nitrogen and oxygen atoms in total. The Balaban J connectivity index is 2.49. The third-order valence-electron chi connectivity index (χ3n) is 3.45. The number of imidazole rings is 1. The van der Waals surface area contributed by atoms with E-state index in [1.165, 1.54) is 0 Å². The molecular formula is C15H21N3O. The molecule has 0 fully saturated rings. The third-order valence-corrected chi connectivity index (χ3v) is 3.45. The van der Waals surface area contributed by atoms with E-state index in [9.17, 15) is 0 Å². The summed E-state index contributed by atoms with van der Waals surface area (Å²) in [6, 6.07) is 7.93. The van der Waals surface area contributed by atoms with Crippen LogP contribution in [0.4, 0.5) is 0 Å². The van der Waals surface area contributed by atoms with Gasteiger partial charge in [0.2, 0.25) is 0 Å². The second-order valence-electron chi connectivity index (χ2n) is 4.95. The topological polar surface area (TPSA) is 53.1 Å². The number of benzene rings is 1. The first-order valence-electron chi connectivity index (χ1n) is 6.54. The van der Waals surface area contributed by atoms with E-state index in [0.717, 1.165) is 17.1 Å². The van der Waals surface area contributed by atoms with Crippen LogP contribution >= 0.6 is 0 Å². The van der Waals surface area contributed by atoms with Crippen LogP contribution in [-0.4, -0.2) is 23.2 Å². The average molecular weight is 259 g/mol. The molecule has 2 aromatic rings. The summed E-state index contributed by atoms with van der Waals surface area (Å²) in [7, 11) is 1.68. The summed E-state index contributed by atoms with van der Waals surface area (Å²) in [5.41, 5.74) is 8.03. The summed E-state index contributed by atoms with van der Waals surface area (Å²) in [6.07, 6.45) is 3.71. The standard InChI is InChI=1S/C15H21N3O/c1-11(2)12(8-16)14-9-17-10-18(14)13-6-4-5-7-15(13)19-3/h4-7,9-12H,8,16H2,1-3H3. The molecule has 1 aromatic carbocycles. The number of ether oxygens (including phenoxy) is 1. The van der Waals surface area contributed by atoms with Crippen LogP contribution in [0.5, 0.6) is 5.75 Å². The maximum Gasteiger partial charge on any atom is 0.142 e. The van der Waals surface area contributed by atoms with Crippen molar-refractivity contribution >= 4 is 0 Å². The molecule has 0 saturated heterocycles. The van der Waals surface area contributed by atoms with Crippen molar-refractivity contribution < 1.29 is 4.74 Å². The summed E-state index contributed by atoms with van der Waals surface area (Å²) in [4.78, 5) is 4.28. The van der Waals surface area contributed by atoms with Gasteiger partial charge >= 0.3 is 0 Å². The minimum absolute atomic E-state index is 0.285. The molecule has 1 atom stereocenters. The maximum atomic E-state index is 5.91. The molecule has 1 heterocycles. The minimum atomic E-state index is 0.285. The van der Waals surface area contributed by atoms with Gasteiger partial charge in [0.15, 0.2) is 0 Å². The zero-order valence-electron chi connectivity index (χ0n) is 11.7. The van der Waals surface area contributed by atoms with Crippen molar-refractivity contribution in [3.05, 3.63) is 42.5 Å². The number of nitrogens with two attached hydrogens (primary N) is 1. The van der Waals surface area contributed by atoms with Gasteiger partial charge in [-0.2, -0.15) is 0 Å². The number of para-hydroxylation sites is 2. The van der Waals surface area contributed by atoms with Crippen molar-refractivity contribution in [2.45, 2.75) is 19.8 Å². The molecule has 0 aliphatic heterocycles. The number of methoxy groups -OCH3 is 1. The lowest BCUT2D eigenvalue weighted by Crippen LogP contribution is -2.20. The van der Waals surface area contributed by atoms with Gasteiger partial charge in [-0.3, -0.25) is 4.57 Å². The van der Waals surface area contributed by atoms with E-state index < -0.39 is 0 Å². The second kappa shape index (κ2) is 5.89. The van der Waals surface area contributed by atoms with E-state index in [0.29, 0.717) is 12.5 Å². The highest BCUT2D eigenvalue weighted by molar-refractivity contribution is 5.47. The van der Waals surface area contributed by atoms with E-state index in [-0.39, 0.29) is 5.92 Å². The van der Waals surface area contributed by atoms with Crippen LogP contribution in [0.1, 0.15) is 25.5 Å². The number of aromatic nitrogens is 2. The second-order valence-corrected chi connectivity index (χ2v) is 4.95. The van der Waals surface area contributed by atoms with E-state index >= 15 is 0 Å². The summed E-state index contributed by atoms with van der Waals surface area (Å²) in [5.74, 6) is 1.59. The summed E-state index contributed by atoms with van der Waals surface area (Å²) in [5, 5.41) is 0. The highest BCUT2D eigenvalue weighted by Crippen LogP contribution is 2.29. The highest BCUT2D eigenvalue weighted by Gasteiger charge is 2.20. The molecule has 0 aliphatic carbocycles. The summed E-state index contributed by atoms with van der Waals surface area (Å²) < 4.78 is 7.48. The molecule has 102 valence electrons. The molecule has 0 aliphatic rings. The van der Waals surface area contributed by atoms with E-state index in [1.54, 1.807) is 7.11 Å². The number of nitrogens with zero attached hydrogens (tertiary/aromatic N) is 2. The zero-order chi connectivity index (χ0) is 13.8. The van der Waals surface area contributed by atoms with Crippen molar-refractivity contribution in [1.29, 1.82) is 0 Å². The largest absolute Gasteiger partial charge is 0.495 e. The fourth-order valence-electron chi connectivity index (χ4n) is 2.34. The Kier molecular flexibility index (Phi) is 4.22. The van der Waals surface area contributed by atoms with Gasteiger partial charge in [0.05, 0.1) is 19.1 Å². The Morgan fingerprint density at radius 3 is 2.68 bits per heavy atom. The fourth-order valence-corrected chi connectivity index (χ4v) is 2.34. The smallest absolute Gasteiger partial charge is 0.142 e. The van der Waals surface area contributed by atoms with Crippen LogP contribution in [0, 0.1) is 5.92 Å². The van der Waals surface area contributed by atoms with Crippen molar-refractivity contribution in [2.24, 2.45) is 11.7 Å². The summed E-state index contributed by atoms with van der Waals surface area (Å²) in [6.45, 7) is 4.96. The first-order chi connectivity index (χ1) is 9.19. The molecule has 0 amide bonds. The van der Waals surface area contributed by atoms with E-state index in [2.05, 4.69) is 23.4 Å². The summed E-state index contributed by atoms with van der Waals surface area (Å²) >= 11 is 0. The van der Waals surface area contributed by atoms with Gasteiger partial charge in [0.1, 0.15) is 5.75 Å². The van der Waals surface area contributed by atoms with Crippen LogP contribution < -0.4 is 10.5 Å². The first kappa shape index (κ1) is 13.6. The third kappa shape index (κ3) is 2.63. The SMILES string of the molecule is COc1ccccc1-n1cncc1C(CN)C(C)C. The molecule has 0 spiro atoms. The highest BCUT2D eigenvalue weighted by atomic mass is 16.5. The fraction of sp³-hybridized carbons (Fsp3) is 0.400. The molecule has 0 radical (unpaired) electrons. The normalized spacial score (nSPS) is 12.7. The van der Waals surface area contributed by atoms with E-state index in [1.807, 2.05) is 36.8 Å². The molecule has 1 unspecified atom stereocenters. The molecule has 19 heavy (non-hydrogen) atoms. The van der Waals surface area contributed by atoms with Gasteiger partial charge in [-0.15, -0.1) is 0 Å². The predicted octanol–water partition coefficient (Wildman–Crippen LogP) is 2.58. The predicted molar refractivity (Wildman–Crippen MR) is 76.7 cm³/mol. The van der Waals surface area contributed by atoms with Crippen LogP contribution in [0.2, 0.25) is 0 Å². The van der Waals surface area contributed by atoms with Crippen LogP contribution in [-0.2, 0) is 0 Å². The van der Waals surface area contributed by atoms with Crippen LogP contribution in [0.15, 0.2) is 36.8 Å². The van der Waals surface area contributed by atoms with Crippen molar-refractivity contribution in [3.63, 3.8) is 0 Å². The number of hydrogen-bond acceptors (Lipinski definition) is 3. The van der Waals surface area contributed by atoms with Gasteiger partial charge in [0, 0.05) is 24.4 Å². The number of hydrogen-bond donors (Lipinski definition) is 1. The molecular weight excluding hydrogens is 238 g/mol. The lowest BCUT2D eigenvalue weighted by atomic mass is 9.93. The Bertz CT molecular complexity index is 534. The first-order valence-corrected chi connectivity index (χ1v) is 6.54. The van der Waals surface area contributed by atoms with Gasteiger partial charge in [-0.05, 0) is 18.1 Å². The Morgan fingerprint density at radius 1 is 1.32 bits per heavy atom. The van der Waals surface area contributed by atoms with Crippen molar-refractivity contribution in [3.8, 4) is 11.4 Å². The molecule has 2 rings (SSSR count). The molecule has 4 heteroatoms. The monoisotopic (exact) mass is 259 g/mol. The Labute approximate surface area is 114 Å². The van der Waals surface area contributed by atoms with Crippen LogP contribution in [0.3, 0.4) is 0 Å². The molecule has 0 saturated carbocycles. The molecule has 0 bridgehead atoms. The number of rotatable bonds is 5. The van der Waals surface area contributed by atoms with Gasteiger partial charge in [0.25, 0.3) is 0 Å². The van der Waals surface area contributed by atoms with Gasteiger partial charge < -0.3 is 10.5 Å². The van der Waals surface area contributed by atoms with Crippen molar-refractivity contribution in [2.75, 3.05) is 13.7 Å². The van der Waals surface area contributed by atoms with Gasteiger partial charge in [-0.25, -0.2) is 4.98 Å². The average Bonchev–Trinajstić information content (AvgIpc) is 2.88. The lowest BCUT2D eigenvalue weighted by molar-refractivity contribution is 0.411. The molecule has 2 N–H and O–H groups in total. The van der Waals surface area contributed by atoms with Gasteiger partial charge in [-0.1, -0.05) is 26.0 Å². The molecule has 1 aromatic heterocycles. The van der Waals surface area contributed by atoms with Crippen molar-refractivity contribution in [1.82, 2.24) is 9.55 Å². The lowest BCUT2D eigenvalue weighted by Gasteiger charge is -2.21. The minimum Gasteiger partial charge on any atom is -0.495 e. The Morgan fingerprint density at radius 2 is 2.05 bits per heavy atom. The Hall–Kier alpha value is -1.81. The quantitative estimate of drug-likeness (QED) is 0.898. The maximum absolute atomic E-state index is 5.91.